The molecule has 0 radical (unpaired) electrons. The highest BCUT2D eigenvalue weighted by Crippen LogP contribution is 2.36. The Morgan fingerprint density at radius 1 is 1.16 bits per heavy atom. The molecule has 0 unspecified atom stereocenters. The van der Waals surface area contributed by atoms with E-state index in [1.165, 1.54) is 6.07 Å². The second kappa shape index (κ2) is 5.41. The number of nitrogens with two attached hydrogens (primary N) is 1. The van der Waals surface area contributed by atoms with Crippen molar-refractivity contribution in [3.05, 3.63) is 29.6 Å². The van der Waals surface area contributed by atoms with Crippen molar-refractivity contribution in [2.75, 3.05) is 0 Å². The van der Waals surface area contributed by atoms with Gasteiger partial charge >= 0.3 is 7.12 Å². The van der Waals surface area contributed by atoms with E-state index in [-0.39, 0.29) is 24.8 Å². The van der Waals surface area contributed by atoms with Crippen molar-refractivity contribution in [1.29, 1.82) is 0 Å². The molecular weight excluding hydrogens is 267 g/mol. The van der Waals surface area contributed by atoms with Gasteiger partial charge in [0.15, 0.2) is 0 Å². The molecule has 1 heterocycles. The van der Waals surface area contributed by atoms with Gasteiger partial charge in [-0.15, -0.1) is 12.4 Å². The topological polar surface area (TPSA) is 44.5 Å². The van der Waals surface area contributed by atoms with E-state index in [1.54, 1.807) is 12.1 Å². The highest BCUT2D eigenvalue weighted by atomic mass is 35.5. The monoisotopic (exact) mass is 287 g/mol. The fourth-order valence-corrected chi connectivity index (χ4v) is 1.85. The number of rotatable bonds is 2. The van der Waals surface area contributed by atoms with Crippen LogP contribution in [0.3, 0.4) is 0 Å². The summed E-state index contributed by atoms with van der Waals surface area (Å²) in [6.07, 6.45) is 0. The Morgan fingerprint density at radius 2 is 1.68 bits per heavy atom. The van der Waals surface area contributed by atoms with Crippen LogP contribution in [0.4, 0.5) is 4.39 Å². The molecule has 3 nitrogen and oxygen atoms in total. The Kier molecular flexibility index (Phi) is 4.68. The molecule has 106 valence electrons. The largest absolute Gasteiger partial charge is 0.494 e. The predicted octanol–water partition coefficient (Wildman–Crippen LogP) is 2.01. The van der Waals surface area contributed by atoms with Crippen LogP contribution in [-0.2, 0) is 15.9 Å². The fraction of sp³-hybridized carbons (Fsp3) is 0.538. The van der Waals surface area contributed by atoms with Crippen LogP contribution in [0.15, 0.2) is 18.2 Å². The predicted molar refractivity (Wildman–Crippen MR) is 77.3 cm³/mol. The van der Waals surface area contributed by atoms with Gasteiger partial charge in [0, 0.05) is 12.1 Å². The maximum absolute atomic E-state index is 13.7. The number of halogens is 2. The van der Waals surface area contributed by atoms with Gasteiger partial charge in [-0.25, -0.2) is 4.39 Å². The molecule has 0 aromatic heterocycles. The highest BCUT2D eigenvalue weighted by Gasteiger charge is 2.51. The third kappa shape index (κ3) is 2.94. The van der Waals surface area contributed by atoms with Gasteiger partial charge in [-0.1, -0.05) is 12.1 Å². The smallest absolute Gasteiger partial charge is 0.399 e. The third-order valence-corrected chi connectivity index (χ3v) is 3.82. The van der Waals surface area contributed by atoms with Crippen LogP contribution in [0.1, 0.15) is 33.3 Å². The first-order chi connectivity index (χ1) is 8.27. The van der Waals surface area contributed by atoms with Gasteiger partial charge in [0.2, 0.25) is 0 Å². The van der Waals surface area contributed by atoms with Crippen molar-refractivity contribution in [3.63, 3.8) is 0 Å². The summed E-state index contributed by atoms with van der Waals surface area (Å²) in [4.78, 5) is 0. The Bertz CT molecular complexity index is 452. The molecule has 2 N–H and O–H groups in total. The molecule has 0 atom stereocenters. The first kappa shape index (κ1) is 16.4. The van der Waals surface area contributed by atoms with Crippen molar-refractivity contribution in [3.8, 4) is 0 Å². The van der Waals surface area contributed by atoms with Crippen LogP contribution in [0.2, 0.25) is 0 Å². The molecule has 1 aliphatic rings. The molecule has 1 aromatic carbocycles. The second-order valence-corrected chi connectivity index (χ2v) is 5.64. The Balaban J connectivity index is 0.00000180. The van der Waals surface area contributed by atoms with Gasteiger partial charge in [0.05, 0.1) is 11.2 Å². The standard InChI is InChI=1S/C13H19BFNO2.ClH/c1-12(2)13(3,4)18-14(17-12)10-6-5-9(8-16)11(15)7-10;/h5-7H,8,16H2,1-4H3;1H. The minimum Gasteiger partial charge on any atom is -0.399 e. The molecule has 0 aliphatic carbocycles. The lowest BCUT2D eigenvalue weighted by Gasteiger charge is -2.32. The molecule has 0 amide bonds. The summed E-state index contributed by atoms with van der Waals surface area (Å²) in [5.74, 6) is -0.315. The zero-order valence-corrected chi connectivity index (χ0v) is 12.5. The van der Waals surface area contributed by atoms with Crippen LogP contribution in [-0.4, -0.2) is 18.3 Å². The van der Waals surface area contributed by atoms with E-state index in [1.807, 2.05) is 27.7 Å². The van der Waals surface area contributed by atoms with Gasteiger partial charge in [0.25, 0.3) is 0 Å². The van der Waals surface area contributed by atoms with E-state index in [4.69, 9.17) is 15.0 Å². The molecular formula is C13H20BClFNO2. The molecule has 0 spiro atoms. The Labute approximate surface area is 120 Å². The first-order valence-corrected chi connectivity index (χ1v) is 6.11. The summed E-state index contributed by atoms with van der Waals surface area (Å²) < 4.78 is 25.4. The van der Waals surface area contributed by atoms with E-state index in [2.05, 4.69) is 0 Å². The van der Waals surface area contributed by atoms with Crippen molar-refractivity contribution in [2.24, 2.45) is 5.73 Å². The average Bonchev–Trinajstić information content (AvgIpc) is 2.48. The summed E-state index contributed by atoms with van der Waals surface area (Å²) >= 11 is 0. The van der Waals surface area contributed by atoms with Crippen LogP contribution in [0.5, 0.6) is 0 Å². The molecule has 0 bridgehead atoms. The summed E-state index contributed by atoms with van der Waals surface area (Å²) in [6, 6.07) is 4.91. The van der Waals surface area contributed by atoms with Crippen LogP contribution < -0.4 is 11.2 Å². The third-order valence-electron chi connectivity index (χ3n) is 3.82. The summed E-state index contributed by atoms with van der Waals surface area (Å²) in [5, 5.41) is 0. The lowest BCUT2D eigenvalue weighted by Crippen LogP contribution is -2.41. The normalized spacial score (nSPS) is 20.2. The van der Waals surface area contributed by atoms with E-state index in [0.717, 1.165) is 0 Å². The zero-order chi connectivity index (χ0) is 13.6. The van der Waals surface area contributed by atoms with Crippen molar-refractivity contribution < 1.29 is 13.7 Å². The molecule has 19 heavy (non-hydrogen) atoms. The quantitative estimate of drug-likeness (QED) is 0.846. The number of benzene rings is 1. The summed E-state index contributed by atoms with van der Waals surface area (Å²) in [5.41, 5.74) is 5.79. The van der Waals surface area contributed by atoms with Crippen molar-refractivity contribution in [2.45, 2.75) is 45.4 Å². The molecule has 1 saturated heterocycles. The minimum absolute atomic E-state index is 0. The molecule has 1 aliphatic heterocycles. The van der Waals surface area contributed by atoms with Gasteiger partial charge in [-0.2, -0.15) is 0 Å². The summed E-state index contributed by atoms with van der Waals surface area (Å²) in [6.45, 7) is 8.07. The van der Waals surface area contributed by atoms with E-state index in [0.29, 0.717) is 11.0 Å². The highest BCUT2D eigenvalue weighted by molar-refractivity contribution is 6.62. The zero-order valence-electron chi connectivity index (χ0n) is 11.7. The number of hydrogen-bond acceptors (Lipinski definition) is 3. The van der Waals surface area contributed by atoms with E-state index in [9.17, 15) is 4.39 Å². The molecule has 6 heteroatoms. The van der Waals surface area contributed by atoms with Crippen molar-refractivity contribution in [1.82, 2.24) is 0 Å². The van der Waals surface area contributed by atoms with Gasteiger partial charge < -0.3 is 15.0 Å². The van der Waals surface area contributed by atoms with Crippen LogP contribution >= 0.6 is 12.4 Å². The van der Waals surface area contributed by atoms with Crippen molar-refractivity contribution >= 4 is 25.0 Å². The average molecular weight is 288 g/mol. The lowest BCUT2D eigenvalue weighted by atomic mass is 9.78. The molecule has 0 saturated carbocycles. The second-order valence-electron chi connectivity index (χ2n) is 5.64. The molecule has 1 aromatic rings. The minimum atomic E-state index is -0.531. The lowest BCUT2D eigenvalue weighted by molar-refractivity contribution is 0.00578. The first-order valence-electron chi connectivity index (χ1n) is 6.11. The fourth-order valence-electron chi connectivity index (χ4n) is 1.85. The Morgan fingerprint density at radius 3 is 2.11 bits per heavy atom. The SMILES string of the molecule is CC1(C)OB(c2ccc(CN)c(F)c2)OC1(C)C.Cl. The van der Waals surface area contributed by atoms with Gasteiger partial charge in [-0.05, 0) is 39.2 Å². The Hall–Kier alpha value is -0.615. The molecule has 1 fully saturated rings. The number of hydrogen-bond donors (Lipinski definition) is 1. The molecule has 2 rings (SSSR count). The van der Waals surface area contributed by atoms with E-state index >= 15 is 0 Å². The van der Waals surface area contributed by atoms with Gasteiger partial charge in [0.1, 0.15) is 5.82 Å². The van der Waals surface area contributed by atoms with Gasteiger partial charge in [-0.3, -0.25) is 0 Å². The van der Waals surface area contributed by atoms with Crippen LogP contribution in [0.25, 0.3) is 0 Å². The maximum Gasteiger partial charge on any atom is 0.494 e. The van der Waals surface area contributed by atoms with E-state index < -0.39 is 18.3 Å². The maximum atomic E-state index is 13.7. The van der Waals surface area contributed by atoms with Crippen LogP contribution in [0, 0.1) is 5.82 Å². The summed E-state index contributed by atoms with van der Waals surface area (Å²) in [7, 11) is -0.531.